The summed E-state index contributed by atoms with van der Waals surface area (Å²) >= 11 is 0. The lowest BCUT2D eigenvalue weighted by molar-refractivity contribution is -0.487. The van der Waals surface area contributed by atoms with Crippen LogP contribution in [-0.4, -0.2) is 30.5 Å². The van der Waals surface area contributed by atoms with Crippen LogP contribution in [0.25, 0.3) is 0 Å². The lowest BCUT2D eigenvalue weighted by Crippen LogP contribution is -2.20. The first-order valence-electron chi connectivity index (χ1n) is 3.26. The molecule has 0 aromatic rings. The van der Waals surface area contributed by atoms with Crippen molar-refractivity contribution in [3.05, 3.63) is 12.7 Å². The summed E-state index contributed by atoms with van der Waals surface area (Å²) in [4.78, 5) is 0. The summed E-state index contributed by atoms with van der Waals surface area (Å²) < 4.78 is 2.22. The molecule has 0 unspecified atom stereocenters. The van der Waals surface area contributed by atoms with Crippen LogP contribution in [0.2, 0.25) is 0 Å². The highest BCUT2D eigenvalue weighted by Crippen LogP contribution is 1.89. The molecular formula is C7H13N2+. The Labute approximate surface area is 55.9 Å². The maximum atomic E-state index is 3.67. The molecule has 0 saturated carbocycles. The molecule has 0 fully saturated rings. The maximum Gasteiger partial charge on any atom is 0.248 e. The Kier molecular flexibility index (Phi) is 1.88. The highest BCUT2D eigenvalue weighted by Gasteiger charge is 2.14. The highest BCUT2D eigenvalue weighted by molar-refractivity contribution is 5.79. The fraction of sp³-hybridized carbons (Fsp3) is 0.571. The van der Waals surface area contributed by atoms with Gasteiger partial charge in [-0.05, 0) is 0 Å². The number of rotatable bonds is 2. The maximum absolute atomic E-state index is 3.67. The molecule has 50 valence electrons. The van der Waals surface area contributed by atoms with E-state index in [1.54, 1.807) is 0 Å². The van der Waals surface area contributed by atoms with Crippen molar-refractivity contribution in [3.8, 4) is 0 Å². The molecule has 1 rings (SSSR count). The first kappa shape index (κ1) is 6.33. The standard InChI is InChI=1S/C7H12N2/c1-3-4-7-8-5-6-9(7)2/h3H,1,4-6H2,2H3/p+1. The van der Waals surface area contributed by atoms with Gasteiger partial charge in [-0.25, -0.2) is 0 Å². The van der Waals surface area contributed by atoms with Crippen molar-refractivity contribution in [2.75, 3.05) is 20.1 Å². The second kappa shape index (κ2) is 2.67. The zero-order valence-corrected chi connectivity index (χ0v) is 5.85. The summed E-state index contributed by atoms with van der Waals surface area (Å²) in [7, 11) is 2.10. The fourth-order valence-corrected chi connectivity index (χ4v) is 1.00. The molecule has 2 nitrogen and oxygen atoms in total. The molecule has 2 heteroatoms. The van der Waals surface area contributed by atoms with Crippen molar-refractivity contribution in [2.24, 2.45) is 0 Å². The number of likely N-dealkylation sites (N-methyl/N-ethyl adjacent to an activating group) is 1. The Morgan fingerprint density at radius 1 is 1.89 bits per heavy atom. The SMILES string of the molecule is C=CCC1=[N+](C)CCN1. The summed E-state index contributed by atoms with van der Waals surface area (Å²) in [5.41, 5.74) is 0. The van der Waals surface area contributed by atoms with Crippen molar-refractivity contribution >= 4 is 5.84 Å². The van der Waals surface area contributed by atoms with Gasteiger partial charge in [-0.2, -0.15) is 0 Å². The van der Waals surface area contributed by atoms with E-state index in [2.05, 4.69) is 23.5 Å². The quantitative estimate of drug-likeness (QED) is 0.412. The van der Waals surface area contributed by atoms with Gasteiger partial charge in [-0.15, -0.1) is 6.58 Å². The van der Waals surface area contributed by atoms with Crippen LogP contribution in [0.3, 0.4) is 0 Å². The van der Waals surface area contributed by atoms with Crippen LogP contribution < -0.4 is 5.32 Å². The van der Waals surface area contributed by atoms with Crippen LogP contribution in [0.4, 0.5) is 0 Å². The fourth-order valence-electron chi connectivity index (χ4n) is 1.00. The van der Waals surface area contributed by atoms with Gasteiger partial charge in [0.05, 0.1) is 13.5 Å². The largest absolute Gasteiger partial charge is 0.274 e. The van der Waals surface area contributed by atoms with Crippen LogP contribution in [0, 0.1) is 0 Å². The van der Waals surface area contributed by atoms with Crippen LogP contribution in [-0.2, 0) is 0 Å². The summed E-state index contributed by atoms with van der Waals surface area (Å²) in [6.45, 7) is 5.88. The smallest absolute Gasteiger partial charge is 0.248 e. The minimum Gasteiger partial charge on any atom is -0.274 e. The van der Waals surface area contributed by atoms with Crippen molar-refractivity contribution in [3.63, 3.8) is 0 Å². The average Bonchev–Trinajstić information content (AvgIpc) is 2.18. The summed E-state index contributed by atoms with van der Waals surface area (Å²) in [5, 5.41) is 3.28. The van der Waals surface area contributed by atoms with Gasteiger partial charge in [0, 0.05) is 0 Å². The molecule has 0 radical (unpaired) electrons. The van der Waals surface area contributed by atoms with Crippen LogP contribution in [0.15, 0.2) is 12.7 Å². The predicted octanol–water partition coefficient (Wildman–Crippen LogP) is 0.206. The number of nitrogens with one attached hydrogen (secondary N) is 1. The average molecular weight is 125 g/mol. The van der Waals surface area contributed by atoms with Crippen molar-refractivity contribution in [1.29, 1.82) is 0 Å². The van der Waals surface area contributed by atoms with Crippen LogP contribution in [0.5, 0.6) is 0 Å². The van der Waals surface area contributed by atoms with Crippen molar-refractivity contribution in [2.45, 2.75) is 6.42 Å². The second-order valence-corrected chi connectivity index (χ2v) is 2.29. The molecule has 1 aliphatic heterocycles. The molecule has 0 saturated heterocycles. The van der Waals surface area contributed by atoms with Crippen LogP contribution >= 0.6 is 0 Å². The Hall–Kier alpha value is -0.790. The first-order chi connectivity index (χ1) is 4.34. The third kappa shape index (κ3) is 1.31. The lowest BCUT2D eigenvalue weighted by atomic mass is 10.4. The molecule has 0 spiro atoms. The molecule has 0 amide bonds. The van der Waals surface area contributed by atoms with E-state index in [-0.39, 0.29) is 0 Å². The van der Waals surface area contributed by atoms with Crippen molar-refractivity contribution < 1.29 is 4.58 Å². The third-order valence-electron chi connectivity index (χ3n) is 1.57. The Morgan fingerprint density at radius 3 is 3.11 bits per heavy atom. The number of hydrogen-bond donors (Lipinski definition) is 1. The lowest BCUT2D eigenvalue weighted by Gasteiger charge is -1.90. The van der Waals surface area contributed by atoms with Gasteiger partial charge >= 0.3 is 0 Å². The van der Waals surface area contributed by atoms with Crippen molar-refractivity contribution in [1.82, 2.24) is 5.32 Å². The van der Waals surface area contributed by atoms with E-state index in [1.807, 2.05) is 6.08 Å². The molecule has 1 heterocycles. The van der Waals surface area contributed by atoms with E-state index in [0.717, 1.165) is 19.5 Å². The summed E-state index contributed by atoms with van der Waals surface area (Å²) in [5.74, 6) is 1.30. The molecule has 0 atom stereocenters. The predicted molar refractivity (Wildman–Crippen MR) is 38.9 cm³/mol. The molecule has 1 N–H and O–H groups in total. The number of hydrogen-bond acceptors (Lipinski definition) is 1. The summed E-state index contributed by atoms with van der Waals surface area (Å²) in [6, 6.07) is 0. The molecular weight excluding hydrogens is 112 g/mol. The van der Waals surface area contributed by atoms with E-state index in [4.69, 9.17) is 0 Å². The number of amidine groups is 1. The normalized spacial score (nSPS) is 17.9. The van der Waals surface area contributed by atoms with Gasteiger partial charge in [-0.1, -0.05) is 6.08 Å². The highest BCUT2D eigenvalue weighted by atomic mass is 15.2. The minimum atomic E-state index is 0.969. The Morgan fingerprint density at radius 2 is 2.67 bits per heavy atom. The van der Waals surface area contributed by atoms with Gasteiger partial charge in [0.2, 0.25) is 5.84 Å². The monoisotopic (exact) mass is 125 g/mol. The molecule has 0 aromatic heterocycles. The third-order valence-corrected chi connectivity index (χ3v) is 1.57. The van der Waals surface area contributed by atoms with E-state index in [9.17, 15) is 0 Å². The molecule has 1 aliphatic rings. The Bertz CT molecular complexity index is 147. The van der Waals surface area contributed by atoms with E-state index >= 15 is 0 Å². The van der Waals surface area contributed by atoms with Gasteiger partial charge in [0.1, 0.15) is 13.1 Å². The second-order valence-electron chi connectivity index (χ2n) is 2.29. The zero-order chi connectivity index (χ0) is 6.69. The van der Waals surface area contributed by atoms with Gasteiger partial charge in [0.25, 0.3) is 0 Å². The topological polar surface area (TPSA) is 15.0 Å². The van der Waals surface area contributed by atoms with E-state index in [1.165, 1.54) is 5.84 Å². The molecule has 0 aromatic carbocycles. The van der Waals surface area contributed by atoms with Gasteiger partial charge in [0.15, 0.2) is 0 Å². The van der Waals surface area contributed by atoms with E-state index < -0.39 is 0 Å². The van der Waals surface area contributed by atoms with E-state index in [0.29, 0.717) is 0 Å². The molecule has 0 bridgehead atoms. The zero-order valence-electron chi connectivity index (χ0n) is 5.85. The molecule has 9 heavy (non-hydrogen) atoms. The van der Waals surface area contributed by atoms with Gasteiger partial charge < -0.3 is 0 Å². The van der Waals surface area contributed by atoms with Gasteiger partial charge in [-0.3, -0.25) is 9.89 Å². The number of nitrogens with zero attached hydrogens (tertiary/aromatic N) is 1. The van der Waals surface area contributed by atoms with Crippen LogP contribution in [0.1, 0.15) is 6.42 Å². The molecule has 0 aliphatic carbocycles. The minimum absolute atomic E-state index is 0.969. The summed E-state index contributed by atoms with van der Waals surface area (Å²) in [6.07, 6.45) is 2.89. The first-order valence-corrected chi connectivity index (χ1v) is 3.26. The Balaban J connectivity index is 2.54.